The minimum absolute atomic E-state index is 0.353. The number of rotatable bonds is 3. The van der Waals surface area contributed by atoms with Crippen LogP contribution in [0.15, 0.2) is 0 Å². The summed E-state index contributed by atoms with van der Waals surface area (Å²) in [5, 5.41) is 0. The smallest absolute Gasteiger partial charge is 0.449 e. The van der Waals surface area contributed by atoms with Crippen LogP contribution in [-0.2, 0) is 4.79 Å². The molecule has 6 heteroatoms. The van der Waals surface area contributed by atoms with Crippen LogP contribution in [0.25, 0.3) is 0 Å². The van der Waals surface area contributed by atoms with Crippen molar-refractivity contribution in [2.45, 2.75) is 32.0 Å². The Hall–Kier alpha value is -0.675. The van der Waals surface area contributed by atoms with Gasteiger partial charge in [0.05, 0.1) is 0 Å². The van der Waals surface area contributed by atoms with Gasteiger partial charge in [0.15, 0.2) is 0 Å². The summed E-state index contributed by atoms with van der Waals surface area (Å²) in [6, 6.07) is 0. The van der Waals surface area contributed by atoms with E-state index in [-0.39, 0.29) is 12.3 Å². The largest absolute Gasteiger partial charge is 0.481 e. The van der Waals surface area contributed by atoms with Gasteiger partial charge in [-0.25, -0.2) is 0 Å². The quantitative estimate of drug-likeness (QED) is 0.651. The maximum absolute atomic E-state index is 12.2. The van der Waals surface area contributed by atoms with E-state index in [1.54, 1.807) is 0 Å². The number of amides is 1. The second-order valence-corrected chi connectivity index (χ2v) is 3.89. The second kappa shape index (κ2) is 4.23. The summed E-state index contributed by atoms with van der Waals surface area (Å²) < 4.78 is 36.6. The average molecular weight is 208 g/mol. The van der Waals surface area contributed by atoms with Gasteiger partial charge in [-0.05, 0) is 12.8 Å². The zero-order chi connectivity index (χ0) is 10.8. The van der Waals surface area contributed by atoms with Crippen LogP contribution < -0.4 is 0 Å². The van der Waals surface area contributed by atoms with Crippen LogP contribution in [0.4, 0.5) is 12.9 Å². The van der Waals surface area contributed by atoms with Crippen LogP contribution in [0.1, 0.15) is 26.2 Å². The topological polar surface area (TPSA) is 20.3 Å². The van der Waals surface area contributed by atoms with Crippen LogP contribution in [-0.4, -0.2) is 30.9 Å². The zero-order valence-corrected chi connectivity index (χ0v) is 8.18. The van der Waals surface area contributed by atoms with Crippen LogP contribution in [0.2, 0.25) is 5.82 Å². The van der Waals surface area contributed by atoms with Crippen molar-refractivity contribution in [1.82, 2.24) is 4.90 Å². The van der Waals surface area contributed by atoms with Gasteiger partial charge in [-0.2, -0.15) is 0 Å². The molecule has 1 atom stereocenters. The first kappa shape index (κ1) is 11.4. The summed E-state index contributed by atoms with van der Waals surface area (Å²) in [4.78, 5) is 12.9. The number of hydrogen-bond donors (Lipinski definition) is 0. The molecule has 0 radical (unpaired) electrons. The maximum atomic E-state index is 12.2. The van der Waals surface area contributed by atoms with Crippen LogP contribution in [0.5, 0.6) is 0 Å². The third-order valence-corrected chi connectivity index (χ3v) is 2.60. The van der Waals surface area contributed by atoms with E-state index in [0.29, 0.717) is 13.1 Å². The van der Waals surface area contributed by atoms with Crippen LogP contribution >= 0.6 is 0 Å². The van der Waals surface area contributed by atoms with Crippen molar-refractivity contribution in [3.8, 4) is 0 Å². The maximum Gasteiger partial charge on any atom is 0.481 e. The van der Waals surface area contributed by atoms with E-state index in [2.05, 4.69) is 0 Å². The molecule has 1 heterocycles. The first-order valence-corrected chi connectivity index (χ1v) is 4.89. The minimum atomic E-state index is -4.87. The average Bonchev–Trinajstić information content (AvgIpc) is 2.53. The molecule has 14 heavy (non-hydrogen) atoms. The fraction of sp³-hybridized carbons (Fsp3) is 0.875. The zero-order valence-electron chi connectivity index (χ0n) is 8.18. The molecule has 1 aliphatic rings. The molecule has 0 saturated carbocycles. The van der Waals surface area contributed by atoms with Crippen molar-refractivity contribution >= 4 is 12.9 Å². The molecular weight excluding hydrogens is 194 g/mol. The second-order valence-electron chi connectivity index (χ2n) is 3.89. The van der Waals surface area contributed by atoms with Crippen LogP contribution in [0, 0.1) is 0 Å². The molecule has 0 aliphatic carbocycles. The molecule has 0 spiro atoms. The molecular formula is C8H14BF3NO-. The summed E-state index contributed by atoms with van der Waals surface area (Å²) >= 11 is 0. The monoisotopic (exact) mass is 208 g/mol. The van der Waals surface area contributed by atoms with Gasteiger partial charge in [-0.3, -0.25) is 4.79 Å². The fourth-order valence-corrected chi connectivity index (χ4v) is 1.50. The number of halogens is 3. The first-order valence-electron chi connectivity index (χ1n) is 4.89. The fourth-order valence-electron chi connectivity index (χ4n) is 1.50. The predicted octanol–water partition coefficient (Wildman–Crippen LogP) is 2.24. The molecule has 1 saturated heterocycles. The molecule has 0 aromatic heterocycles. The van der Waals surface area contributed by atoms with Gasteiger partial charge in [-0.15, -0.1) is 0 Å². The standard InChI is InChI=1S/C8H14BF3NO/c1-7(9(10,11)12)6-8(14)13-4-2-3-5-13/h7H,2-6H2,1H3/q-1/t7-/m0/s1. The van der Waals surface area contributed by atoms with E-state index >= 15 is 0 Å². The molecule has 0 unspecified atom stereocenters. The Morgan fingerprint density at radius 1 is 1.36 bits per heavy atom. The summed E-state index contributed by atoms with van der Waals surface area (Å²) in [5.74, 6) is -1.82. The highest BCUT2D eigenvalue weighted by Crippen LogP contribution is 2.29. The summed E-state index contributed by atoms with van der Waals surface area (Å²) in [5.41, 5.74) is 0. The number of carbonyl (C=O) groups excluding carboxylic acids is 1. The Labute approximate surface area is 81.5 Å². The highest BCUT2D eigenvalue weighted by molar-refractivity contribution is 6.60. The first-order chi connectivity index (χ1) is 6.41. The molecule has 2 nitrogen and oxygen atoms in total. The van der Waals surface area contributed by atoms with Gasteiger partial charge in [0, 0.05) is 19.5 Å². The van der Waals surface area contributed by atoms with Gasteiger partial charge in [0.25, 0.3) is 0 Å². The lowest BCUT2D eigenvalue weighted by Gasteiger charge is -2.24. The minimum Gasteiger partial charge on any atom is -0.449 e. The van der Waals surface area contributed by atoms with E-state index in [9.17, 15) is 17.7 Å². The Balaban J connectivity index is 2.40. The van der Waals surface area contributed by atoms with Gasteiger partial charge >= 0.3 is 6.98 Å². The lowest BCUT2D eigenvalue weighted by molar-refractivity contribution is -0.130. The highest BCUT2D eigenvalue weighted by Gasteiger charge is 2.33. The van der Waals surface area contributed by atoms with Gasteiger partial charge in [0.1, 0.15) is 0 Å². The van der Waals surface area contributed by atoms with Crippen LogP contribution in [0.3, 0.4) is 0 Å². The Morgan fingerprint density at radius 2 is 1.86 bits per heavy atom. The molecule has 0 bridgehead atoms. The molecule has 0 N–H and O–H groups in total. The third-order valence-electron chi connectivity index (χ3n) is 2.60. The molecule has 82 valence electrons. The van der Waals surface area contributed by atoms with Crippen molar-refractivity contribution in [2.75, 3.05) is 13.1 Å². The molecule has 0 aromatic rings. The number of nitrogens with zero attached hydrogens (tertiary/aromatic N) is 1. The van der Waals surface area contributed by atoms with Gasteiger partial charge in [0.2, 0.25) is 5.91 Å². The molecule has 1 amide bonds. The SMILES string of the molecule is C[C@@H](CC(=O)N1CCCC1)[B-](F)(F)F. The van der Waals surface area contributed by atoms with E-state index in [1.807, 2.05) is 0 Å². The highest BCUT2D eigenvalue weighted by atomic mass is 19.4. The lowest BCUT2D eigenvalue weighted by atomic mass is 9.72. The van der Waals surface area contributed by atoms with Gasteiger partial charge < -0.3 is 17.8 Å². The molecule has 1 rings (SSSR count). The lowest BCUT2D eigenvalue weighted by Crippen LogP contribution is -2.32. The van der Waals surface area contributed by atoms with Crippen molar-refractivity contribution in [3.63, 3.8) is 0 Å². The summed E-state index contributed by atoms with van der Waals surface area (Å²) in [7, 11) is 0. The van der Waals surface area contributed by atoms with E-state index in [0.717, 1.165) is 19.8 Å². The Morgan fingerprint density at radius 3 is 2.29 bits per heavy atom. The summed E-state index contributed by atoms with van der Waals surface area (Å²) in [6.45, 7) is -2.55. The third kappa shape index (κ3) is 2.92. The summed E-state index contributed by atoms with van der Waals surface area (Å²) in [6.07, 6.45) is 1.44. The molecule has 0 aromatic carbocycles. The van der Waals surface area contributed by atoms with Crippen molar-refractivity contribution < 1.29 is 17.7 Å². The van der Waals surface area contributed by atoms with E-state index in [4.69, 9.17) is 0 Å². The van der Waals surface area contributed by atoms with E-state index in [1.165, 1.54) is 4.90 Å². The van der Waals surface area contributed by atoms with Crippen molar-refractivity contribution in [1.29, 1.82) is 0 Å². The van der Waals surface area contributed by atoms with Crippen molar-refractivity contribution in [3.05, 3.63) is 0 Å². The Bertz CT molecular complexity index is 213. The number of likely N-dealkylation sites (tertiary alicyclic amines) is 1. The molecule has 1 fully saturated rings. The number of hydrogen-bond acceptors (Lipinski definition) is 1. The molecule has 1 aliphatic heterocycles. The Kier molecular flexibility index (Phi) is 3.45. The predicted molar refractivity (Wildman–Crippen MR) is 48.9 cm³/mol. The van der Waals surface area contributed by atoms with Gasteiger partial charge in [-0.1, -0.05) is 12.7 Å². The van der Waals surface area contributed by atoms with Crippen molar-refractivity contribution in [2.24, 2.45) is 0 Å². The normalized spacial score (nSPS) is 19.9. The van der Waals surface area contributed by atoms with E-state index < -0.39 is 12.8 Å². The number of carbonyl (C=O) groups is 1.